The van der Waals surface area contributed by atoms with E-state index in [0.717, 1.165) is 28.6 Å². The lowest BCUT2D eigenvalue weighted by Crippen LogP contribution is -2.39. The number of hydrogen-bond donors (Lipinski definition) is 2. The van der Waals surface area contributed by atoms with Crippen molar-refractivity contribution in [3.8, 4) is 0 Å². The summed E-state index contributed by atoms with van der Waals surface area (Å²) in [6, 6.07) is 7.26. The van der Waals surface area contributed by atoms with Crippen molar-refractivity contribution in [2.45, 2.75) is 51.1 Å². The van der Waals surface area contributed by atoms with Crippen LogP contribution in [0.5, 0.6) is 0 Å². The summed E-state index contributed by atoms with van der Waals surface area (Å²) in [5.41, 5.74) is 2.02. The number of halogens is 2. The third-order valence-electron chi connectivity index (χ3n) is 4.51. The zero-order chi connectivity index (χ0) is 14.1. The number of carbonyl (C=O) groups is 1. The van der Waals surface area contributed by atoms with Gasteiger partial charge < -0.3 is 10.6 Å². The number of amides is 1. The summed E-state index contributed by atoms with van der Waals surface area (Å²) < 4.78 is 1.04. The van der Waals surface area contributed by atoms with Crippen LogP contribution in [0.1, 0.15) is 37.7 Å². The third-order valence-corrected chi connectivity index (χ3v) is 5.00. The summed E-state index contributed by atoms with van der Waals surface area (Å²) in [7, 11) is 0. The lowest BCUT2D eigenvalue weighted by Gasteiger charge is -2.28. The highest BCUT2D eigenvalue weighted by Gasteiger charge is 2.34. The fourth-order valence-corrected chi connectivity index (χ4v) is 4.05. The molecule has 2 fully saturated rings. The quantitative estimate of drug-likeness (QED) is 0.839. The van der Waals surface area contributed by atoms with E-state index in [1.807, 2.05) is 25.1 Å². The van der Waals surface area contributed by atoms with Gasteiger partial charge in [0, 0.05) is 28.7 Å². The lowest BCUT2D eigenvalue weighted by atomic mass is 9.89. The standard InChI is InChI=1S/C16H21BrN2O.ClH/c1-10-6-12(17)2-5-15(10)19-16(20)9-11-7-13-3-4-14(8-11)18-13;/h2,5-6,11,13-14,18H,3-4,7-9H2,1H3,(H,19,20);1H. The molecule has 2 unspecified atom stereocenters. The molecule has 1 aromatic carbocycles. The fraction of sp³-hybridized carbons (Fsp3) is 0.562. The van der Waals surface area contributed by atoms with Gasteiger partial charge in [0.1, 0.15) is 0 Å². The van der Waals surface area contributed by atoms with Crippen molar-refractivity contribution in [2.24, 2.45) is 5.92 Å². The van der Waals surface area contributed by atoms with Crippen molar-refractivity contribution in [3.63, 3.8) is 0 Å². The van der Waals surface area contributed by atoms with Crippen LogP contribution in [0.3, 0.4) is 0 Å². The molecule has 2 N–H and O–H groups in total. The average molecular weight is 374 g/mol. The highest BCUT2D eigenvalue weighted by atomic mass is 79.9. The van der Waals surface area contributed by atoms with Crippen LogP contribution in [-0.2, 0) is 4.79 Å². The molecule has 116 valence electrons. The Morgan fingerprint density at radius 1 is 1.33 bits per heavy atom. The van der Waals surface area contributed by atoms with Crippen molar-refractivity contribution in [2.75, 3.05) is 5.32 Å². The molecule has 0 aromatic heterocycles. The van der Waals surface area contributed by atoms with E-state index in [2.05, 4.69) is 26.6 Å². The number of anilines is 1. The van der Waals surface area contributed by atoms with E-state index in [1.54, 1.807) is 0 Å². The summed E-state index contributed by atoms with van der Waals surface area (Å²) in [4.78, 5) is 12.2. The van der Waals surface area contributed by atoms with Crippen molar-refractivity contribution >= 4 is 39.9 Å². The number of carbonyl (C=O) groups excluding carboxylic acids is 1. The van der Waals surface area contributed by atoms with Gasteiger partial charge in [-0.25, -0.2) is 0 Å². The van der Waals surface area contributed by atoms with Gasteiger partial charge >= 0.3 is 0 Å². The van der Waals surface area contributed by atoms with Crippen LogP contribution in [0.4, 0.5) is 5.69 Å². The molecule has 2 atom stereocenters. The van der Waals surface area contributed by atoms with E-state index in [4.69, 9.17) is 0 Å². The molecule has 3 nitrogen and oxygen atoms in total. The molecule has 2 saturated heterocycles. The van der Waals surface area contributed by atoms with Crippen molar-refractivity contribution in [1.29, 1.82) is 0 Å². The van der Waals surface area contributed by atoms with Crippen LogP contribution in [0.2, 0.25) is 0 Å². The summed E-state index contributed by atoms with van der Waals surface area (Å²) in [5, 5.41) is 6.68. The Morgan fingerprint density at radius 2 is 2.00 bits per heavy atom. The molecule has 1 amide bonds. The van der Waals surface area contributed by atoms with Crippen LogP contribution in [-0.4, -0.2) is 18.0 Å². The Kier molecular flexibility index (Phi) is 5.69. The molecule has 2 aliphatic heterocycles. The van der Waals surface area contributed by atoms with Crippen LogP contribution in [0, 0.1) is 12.8 Å². The maximum Gasteiger partial charge on any atom is 0.224 e. The number of aryl methyl sites for hydroxylation is 1. The van der Waals surface area contributed by atoms with Gasteiger partial charge in [-0.05, 0) is 62.3 Å². The van der Waals surface area contributed by atoms with Crippen LogP contribution in [0.25, 0.3) is 0 Å². The van der Waals surface area contributed by atoms with Crippen LogP contribution >= 0.6 is 28.3 Å². The first-order chi connectivity index (χ1) is 9.60. The molecule has 1 aromatic rings. The second kappa shape index (κ2) is 7.12. The molecule has 0 saturated carbocycles. The summed E-state index contributed by atoms with van der Waals surface area (Å²) in [6.07, 6.45) is 5.54. The van der Waals surface area contributed by atoms with Crippen molar-refractivity contribution < 1.29 is 4.79 Å². The monoisotopic (exact) mass is 372 g/mol. The van der Waals surface area contributed by atoms with E-state index in [1.165, 1.54) is 12.8 Å². The molecule has 0 radical (unpaired) electrons. The van der Waals surface area contributed by atoms with E-state index >= 15 is 0 Å². The Labute approximate surface area is 140 Å². The summed E-state index contributed by atoms with van der Waals surface area (Å²) >= 11 is 3.44. The topological polar surface area (TPSA) is 41.1 Å². The minimum atomic E-state index is 0. The number of fused-ring (bicyclic) bond motifs is 2. The number of benzene rings is 1. The average Bonchev–Trinajstić information content (AvgIpc) is 2.72. The zero-order valence-corrected chi connectivity index (χ0v) is 14.6. The Balaban J connectivity index is 0.00000161. The van der Waals surface area contributed by atoms with Crippen molar-refractivity contribution in [1.82, 2.24) is 5.32 Å². The Hall–Kier alpha value is -0.580. The minimum absolute atomic E-state index is 0. The van der Waals surface area contributed by atoms with Gasteiger partial charge in [0.15, 0.2) is 0 Å². The van der Waals surface area contributed by atoms with E-state index in [9.17, 15) is 4.79 Å². The highest BCUT2D eigenvalue weighted by Crippen LogP contribution is 2.33. The first-order valence-corrected chi connectivity index (χ1v) is 8.21. The van der Waals surface area contributed by atoms with Gasteiger partial charge in [-0.2, -0.15) is 0 Å². The molecule has 5 heteroatoms. The largest absolute Gasteiger partial charge is 0.326 e. The maximum absolute atomic E-state index is 12.2. The fourth-order valence-electron chi connectivity index (χ4n) is 3.57. The molecule has 0 aliphatic carbocycles. The van der Waals surface area contributed by atoms with Gasteiger partial charge in [0.25, 0.3) is 0 Å². The summed E-state index contributed by atoms with van der Waals surface area (Å²) in [5.74, 6) is 0.700. The number of piperidine rings is 1. The molecule has 21 heavy (non-hydrogen) atoms. The van der Waals surface area contributed by atoms with Gasteiger partial charge in [-0.1, -0.05) is 15.9 Å². The van der Waals surface area contributed by atoms with E-state index in [-0.39, 0.29) is 18.3 Å². The lowest BCUT2D eigenvalue weighted by molar-refractivity contribution is -0.117. The van der Waals surface area contributed by atoms with Crippen molar-refractivity contribution in [3.05, 3.63) is 28.2 Å². The smallest absolute Gasteiger partial charge is 0.224 e. The predicted molar refractivity (Wildman–Crippen MR) is 92.0 cm³/mol. The molecule has 2 aliphatic rings. The van der Waals surface area contributed by atoms with Crippen LogP contribution < -0.4 is 10.6 Å². The molecule has 3 rings (SSSR count). The van der Waals surface area contributed by atoms with E-state index < -0.39 is 0 Å². The first kappa shape index (κ1) is 16.8. The Morgan fingerprint density at radius 3 is 2.62 bits per heavy atom. The SMILES string of the molecule is Cc1cc(Br)ccc1NC(=O)CC1CC2CCC(C1)N2.Cl. The van der Waals surface area contributed by atoms with Gasteiger partial charge in [0.2, 0.25) is 5.91 Å². The third kappa shape index (κ3) is 4.21. The normalized spacial score (nSPS) is 27.0. The van der Waals surface area contributed by atoms with Gasteiger partial charge in [-0.3, -0.25) is 4.79 Å². The molecule has 2 heterocycles. The molecule has 2 bridgehead atoms. The van der Waals surface area contributed by atoms with E-state index in [0.29, 0.717) is 24.4 Å². The maximum atomic E-state index is 12.2. The first-order valence-electron chi connectivity index (χ1n) is 7.42. The second-order valence-electron chi connectivity index (χ2n) is 6.19. The second-order valence-corrected chi connectivity index (χ2v) is 7.10. The number of hydrogen-bond acceptors (Lipinski definition) is 2. The van der Waals surface area contributed by atoms with Gasteiger partial charge in [0.05, 0.1) is 0 Å². The number of rotatable bonds is 3. The summed E-state index contributed by atoms with van der Waals surface area (Å²) in [6.45, 7) is 2.02. The molecular formula is C16H22BrClN2O. The number of nitrogens with one attached hydrogen (secondary N) is 2. The molecule has 0 spiro atoms. The predicted octanol–water partition coefficient (Wildman–Crippen LogP) is 4.04. The highest BCUT2D eigenvalue weighted by molar-refractivity contribution is 9.10. The van der Waals surface area contributed by atoms with Crippen LogP contribution in [0.15, 0.2) is 22.7 Å². The Bertz CT molecular complexity index is 511. The minimum Gasteiger partial charge on any atom is -0.326 e. The molecular weight excluding hydrogens is 352 g/mol. The zero-order valence-electron chi connectivity index (χ0n) is 12.2. The van der Waals surface area contributed by atoms with Gasteiger partial charge in [-0.15, -0.1) is 12.4 Å².